The highest BCUT2D eigenvalue weighted by Gasteiger charge is 2.19. The van der Waals surface area contributed by atoms with Crippen LogP contribution in [0, 0.1) is 21.7 Å². The molecule has 0 saturated carbocycles. The van der Waals surface area contributed by atoms with Crippen molar-refractivity contribution in [2.45, 2.75) is 0 Å². The second-order valence-corrected chi connectivity index (χ2v) is 2.18. The maximum atomic E-state index is 12.9. The quantitative estimate of drug-likeness (QED) is 0.241. The van der Waals surface area contributed by atoms with Gasteiger partial charge in [0.05, 0.1) is 4.92 Å². The van der Waals surface area contributed by atoms with Gasteiger partial charge in [0.2, 0.25) is 0 Å². The lowest BCUT2D eigenvalue weighted by atomic mass is 10.2. The fraction of sp³-hybridized carbons (Fsp3) is 0. The zero-order chi connectivity index (χ0) is 10.7. The molecule has 0 N–H and O–H groups in total. The smallest absolute Gasteiger partial charge is 0.258 e. The van der Waals surface area contributed by atoms with Crippen molar-refractivity contribution in [1.82, 2.24) is 0 Å². The first-order chi connectivity index (χ1) is 6.57. The standard InChI is InChI=1S/C6H2F2N4O2/c7-3-1-2-4(12(13)14)6(5(3)8)10-11-9/h1-2H. The molecule has 8 heteroatoms. The third-order valence-corrected chi connectivity index (χ3v) is 1.39. The molecule has 0 fully saturated rings. The zero-order valence-corrected chi connectivity index (χ0v) is 6.52. The normalized spacial score (nSPS) is 9.29. The van der Waals surface area contributed by atoms with Crippen LogP contribution >= 0.6 is 0 Å². The van der Waals surface area contributed by atoms with Crippen molar-refractivity contribution in [3.63, 3.8) is 0 Å². The number of rotatable bonds is 2. The lowest BCUT2D eigenvalue weighted by Gasteiger charge is -1.98. The lowest BCUT2D eigenvalue weighted by molar-refractivity contribution is -0.384. The molecular formula is C6H2F2N4O2. The van der Waals surface area contributed by atoms with Gasteiger partial charge in [-0.3, -0.25) is 10.1 Å². The van der Waals surface area contributed by atoms with Gasteiger partial charge in [0.15, 0.2) is 17.3 Å². The van der Waals surface area contributed by atoms with E-state index in [9.17, 15) is 18.9 Å². The van der Waals surface area contributed by atoms with E-state index in [4.69, 9.17) is 5.53 Å². The second kappa shape index (κ2) is 3.67. The van der Waals surface area contributed by atoms with Gasteiger partial charge in [-0.15, -0.1) is 0 Å². The summed E-state index contributed by atoms with van der Waals surface area (Å²) in [6.45, 7) is 0. The zero-order valence-electron chi connectivity index (χ0n) is 6.52. The fourth-order valence-corrected chi connectivity index (χ4v) is 0.817. The van der Waals surface area contributed by atoms with E-state index in [1.807, 2.05) is 0 Å². The molecule has 0 aliphatic carbocycles. The molecule has 0 aromatic heterocycles. The van der Waals surface area contributed by atoms with E-state index in [2.05, 4.69) is 10.0 Å². The molecule has 72 valence electrons. The predicted molar refractivity (Wildman–Crippen MR) is 41.8 cm³/mol. The summed E-state index contributed by atoms with van der Waals surface area (Å²) < 4.78 is 25.4. The average Bonchev–Trinajstić information content (AvgIpc) is 2.13. The first kappa shape index (κ1) is 9.87. The van der Waals surface area contributed by atoms with Crippen molar-refractivity contribution in [3.05, 3.63) is 44.3 Å². The number of halogens is 2. The summed E-state index contributed by atoms with van der Waals surface area (Å²) in [6.07, 6.45) is 0. The molecule has 0 spiro atoms. The number of nitrogens with zero attached hydrogens (tertiary/aromatic N) is 4. The molecule has 0 unspecified atom stereocenters. The number of nitro benzene ring substituents is 1. The Balaban J connectivity index is 3.52. The molecule has 0 atom stereocenters. The average molecular weight is 200 g/mol. The van der Waals surface area contributed by atoms with Crippen LogP contribution in [0.25, 0.3) is 10.4 Å². The summed E-state index contributed by atoms with van der Waals surface area (Å²) in [7, 11) is 0. The molecule has 0 radical (unpaired) electrons. The molecule has 0 bridgehead atoms. The van der Waals surface area contributed by atoms with Crippen LogP contribution in [0.4, 0.5) is 20.2 Å². The maximum absolute atomic E-state index is 12.9. The molecule has 0 aliphatic heterocycles. The largest absolute Gasteiger partial charge is 0.282 e. The van der Waals surface area contributed by atoms with Gasteiger partial charge < -0.3 is 0 Å². The van der Waals surface area contributed by atoms with Crippen molar-refractivity contribution < 1.29 is 13.7 Å². The van der Waals surface area contributed by atoms with Crippen molar-refractivity contribution in [1.29, 1.82) is 0 Å². The molecule has 0 aliphatic rings. The number of hydrogen-bond donors (Lipinski definition) is 0. The van der Waals surface area contributed by atoms with E-state index in [1.54, 1.807) is 0 Å². The minimum Gasteiger partial charge on any atom is -0.258 e. The fourth-order valence-electron chi connectivity index (χ4n) is 0.817. The van der Waals surface area contributed by atoms with Crippen molar-refractivity contribution in [3.8, 4) is 0 Å². The molecule has 14 heavy (non-hydrogen) atoms. The van der Waals surface area contributed by atoms with Crippen LogP contribution in [-0.4, -0.2) is 4.92 Å². The SMILES string of the molecule is [N-]=[N+]=Nc1c([N+](=O)[O-])ccc(F)c1F. The maximum Gasteiger partial charge on any atom is 0.282 e. The first-order valence-corrected chi connectivity index (χ1v) is 3.25. The van der Waals surface area contributed by atoms with E-state index in [1.165, 1.54) is 0 Å². The Kier molecular flexibility index (Phi) is 2.59. The highest BCUT2D eigenvalue weighted by atomic mass is 19.2. The summed E-state index contributed by atoms with van der Waals surface area (Å²) in [6, 6.07) is 1.31. The molecule has 0 saturated heterocycles. The van der Waals surface area contributed by atoms with Crippen LogP contribution in [0.2, 0.25) is 0 Å². The number of hydrogen-bond acceptors (Lipinski definition) is 3. The molecule has 1 aromatic rings. The van der Waals surface area contributed by atoms with Gasteiger partial charge in [0.1, 0.15) is 0 Å². The molecule has 1 aromatic carbocycles. The van der Waals surface area contributed by atoms with Crippen LogP contribution in [0.1, 0.15) is 0 Å². The number of azide groups is 1. The first-order valence-electron chi connectivity index (χ1n) is 3.25. The summed E-state index contributed by atoms with van der Waals surface area (Å²) in [4.78, 5) is 11.5. The van der Waals surface area contributed by atoms with Crippen molar-refractivity contribution >= 4 is 11.4 Å². The summed E-state index contributed by atoms with van der Waals surface area (Å²) >= 11 is 0. The Morgan fingerprint density at radius 3 is 2.64 bits per heavy atom. The van der Waals surface area contributed by atoms with E-state index in [-0.39, 0.29) is 0 Å². The Hall–Kier alpha value is -2.21. The highest BCUT2D eigenvalue weighted by molar-refractivity contribution is 5.58. The molecular weight excluding hydrogens is 198 g/mol. The minimum atomic E-state index is -1.53. The van der Waals surface area contributed by atoms with Crippen LogP contribution < -0.4 is 0 Å². The number of benzene rings is 1. The van der Waals surface area contributed by atoms with Gasteiger partial charge in [0, 0.05) is 11.0 Å². The van der Waals surface area contributed by atoms with Crippen LogP contribution in [-0.2, 0) is 0 Å². The van der Waals surface area contributed by atoms with Gasteiger partial charge in [-0.1, -0.05) is 5.11 Å². The Morgan fingerprint density at radius 1 is 1.50 bits per heavy atom. The Labute approximate surface area is 75.5 Å². The van der Waals surface area contributed by atoms with Gasteiger partial charge in [-0.05, 0) is 11.6 Å². The topological polar surface area (TPSA) is 91.9 Å². The van der Waals surface area contributed by atoms with Gasteiger partial charge >= 0.3 is 0 Å². The third-order valence-electron chi connectivity index (χ3n) is 1.39. The van der Waals surface area contributed by atoms with E-state index in [0.29, 0.717) is 6.07 Å². The van der Waals surface area contributed by atoms with Gasteiger partial charge in [-0.2, -0.15) is 0 Å². The van der Waals surface area contributed by atoms with E-state index in [0.717, 1.165) is 6.07 Å². The van der Waals surface area contributed by atoms with Crippen LogP contribution in [0.3, 0.4) is 0 Å². The predicted octanol–water partition coefficient (Wildman–Crippen LogP) is 2.81. The van der Waals surface area contributed by atoms with Gasteiger partial charge in [0.25, 0.3) is 5.69 Å². The lowest BCUT2D eigenvalue weighted by Crippen LogP contribution is -1.92. The Bertz CT molecular complexity index is 442. The van der Waals surface area contributed by atoms with E-state index >= 15 is 0 Å². The van der Waals surface area contributed by atoms with Crippen LogP contribution in [0.5, 0.6) is 0 Å². The summed E-state index contributed by atoms with van der Waals surface area (Å²) in [5.41, 5.74) is 6.26. The Morgan fingerprint density at radius 2 is 2.14 bits per heavy atom. The summed E-state index contributed by atoms with van der Waals surface area (Å²) in [5, 5.41) is 13.0. The van der Waals surface area contributed by atoms with Crippen molar-refractivity contribution in [2.24, 2.45) is 5.11 Å². The molecule has 6 nitrogen and oxygen atoms in total. The molecule has 1 rings (SSSR count). The highest BCUT2D eigenvalue weighted by Crippen LogP contribution is 2.31. The summed E-state index contributed by atoms with van der Waals surface area (Å²) in [5.74, 6) is -2.84. The number of nitro groups is 1. The van der Waals surface area contributed by atoms with Gasteiger partial charge in [-0.25, -0.2) is 8.78 Å². The minimum absolute atomic E-state index is 0.587. The molecule has 0 amide bonds. The monoisotopic (exact) mass is 200 g/mol. The third kappa shape index (κ3) is 1.59. The second-order valence-electron chi connectivity index (χ2n) is 2.18. The van der Waals surface area contributed by atoms with Crippen LogP contribution in [0.15, 0.2) is 17.2 Å². The van der Waals surface area contributed by atoms with Crippen molar-refractivity contribution in [2.75, 3.05) is 0 Å². The molecule has 0 heterocycles. The van der Waals surface area contributed by atoms with E-state index < -0.39 is 27.9 Å².